The van der Waals surface area contributed by atoms with Crippen molar-refractivity contribution in [2.24, 2.45) is 5.92 Å². The monoisotopic (exact) mass is 485 g/mol. The number of aryl methyl sites for hydroxylation is 1. The molecule has 2 aromatic rings. The Morgan fingerprint density at radius 3 is 2.68 bits per heavy atom. The molecule has 0 aliphatic carbocycles. The van der Waals surface area contributed by atoms with Crippen LogP contribution >= 0.6 is 37.2 Å². The molecule has 172 valence electrons. The second-order valence-electron chi connectivity index (χ2n) is 8.30. The Balaban J connectivity index is 0.00000160. The number of benzene rings is 1. The summed E-state index contributed by atoms with van der Waals surface area (Å²) in [5, 5.41) is 3.56. The molecule has 4 nitrogen and oxygen atoms in total. The number of piperidine rings is 1. The molecule has 1 N–H and O–H groups in total. The van der Waals surface area contributed by atoms with E-state index in [2.05, 4.69) is 45.5 Å². The van der Waals surface area contributed by atoms with Crippen molar-refractivity contribution < 1.29 is 4.79 Å². The van der Waals surface area contributed by atoms with Crippen molar-refractivity contribution in [3.05, 3.63) is 65.0 Å². The molecule has 2 aliphatic rings. The van der Waals surface area contributed by atoms with Crippen LogP contribution in [0.1, 0.15) is 53.9 Å². The topological polar surface area (TPSA) is 45.2 Å². The number of nitrogens with one attached hydrogen (secondary N) is 1. The number of fused-ring (bicyclic) bond motifs is 1. The number of pyridine rings is 1. The van der Waals surface area contributed by atoms with Gasteiger partial charge in [0, 0.05) is 38.4 Å². The number of rotatable bonds is 6. The van der Waals surface area contributed by atoms with Gasteiger partial charge in [0.2, 0.25) is 0 Å². The van der Waals surface area contributed by atoms with Gasteiger partial charge >= 0.3 is 0 Å². The van der Waals surface area contributed by atoms with Gasteiger partial charge in [-0.05, 0) is 85.0 Å². The van der Waals surface area contributed by atoms with Gasteiger partial charge in [0.15, 0.2) is 0 Å². The number of hydrogen-bond donors (Lipinski definition) is 1. The normalized spacial score (nSPS) is 20.8. The van der Waals surface area contributed by atoms with Gasteiger partial charge in [-0.15, -0.1) is 37.2 Å². The molecular weight excluding hydrogens is 453 g/mol. The summed E-state index contributed by atoms with van der Waals surface area (Å²) in [5.74, 6) is 1.10. The van der Waals surface area contributed by atoms with Crippen LogP contribution < -0.4 is 5.32 Å². The van der Waals surface area contributed by atoms with Gasteiger partial charge in [-0.2, -0.15) is 0 Å². The summed E-state index contributed by atoms with van der Waals surface area (Å²) < 4.78 is 0. The maximum Gasteiger partial charge on any atom is 0.120 e. The molecule has 1 fully saturated rings. The minimum atomic E-state index is 0. The van der Waals surface area contributed by atoms with Crippen LogP contribution in [0.3, 0.4) is 0 Å². The molecule has 1 saturated heterocycles. The van der Waals surface area contributed by atoms with Crippen molar-refractivity contribution >= 4 is 43.5 Å². The fraction of sp³-hybridized carbons (Fsp3) is 0.500. The lowest BCUT2D eigenvalue weighted by Crippen LogP contribution is -2.39. The third kappa shape index (κ3) is 7.44. The lowest BCUT2D eigenvalue weighted by atomic mass is 9.77. The molecular formula is C24H34Cl3N3O. The maximum absolute atomic E-state index is 11.0. The number of carbonyl (C=O) groups is 1. The zero-order chi connectivity index (χ0) is 19.2. The van der Waals surface area contributed by atoms with Gasteiger partial charge in [0.1, 0.15) is 6.29 Å². The van der Waals surface area contributed by atoms with Crippen molar-refractivity contribution in [1.29, 1.82) is 0 Å². The smallest absolute Gasteiger partial charge is 0.120 e. The lowest BCUT2D eigenvalue weighted by molar-refractivity contribution is -0.108. The van der Waals surface area contributed by atoms with E-state index >= 15 is 0 Å². The molecule has 31 heavy (non-hydrogen) atoms. The molecule has 0 radical (unpaired) electrons. The van der Waals surface area contributed by atoms with E-state index in [4.69, 9.17) is 0 Å². The highest BCUT2D eigenvalue weighted by atomic mass is 35.5. The van der Waals surface area contributed by atoms with Gasteiger partial charge in [-0.25, -0.2) is 0 Å². The first-order chi connectivity index (χ1) is 13.8. The van der Waals surface area contributed by atoms with Crippen molar-refractivity contribution in [2.45, 2.75) is 51.1 Å². The minimum Gasteiger partial charge on any atom is -0.313 e. The van der Waals surface area contributed by atoms with Crippen LogP contribution in [0.2, 0.25) is 0 Å². The van der Waals surface area contributed by atoms with E-state index in [1.54, 1.807) is 0 Å². The Hall–Kier alpha value is -1.17. The predicted octanol–water partition coefficient (Wildman–Crippen LogP) is 4.97. The summed E-state index contributed by atoms with van der Waals surface area (Å²) in [4.78, 5) is 17.7. The molecule has 2 atom stereocenters. The average molecular weight is 487 g/mol. The second-order valence-corrected chi connectivity index (χ2v) is 8.30. The number of nitrogens with zero attached hydrogens (tertiary/aromatic N) is 2. The number of halogens is 3. The summed E-state index contributed by atoms with van der Waals surface area (Å²) in [6.07, 6.45) is 10.1. The predicted molar refractivity (Wildman–Crippen MR) is 134 cm³/mol. The Bertz CT molecular complexity index is 791. The molecule has 2 unspecified atom stereocenters. The van der Waals surface area contributed by atoms with Gasteiger partial charge < -0.3 is 10.1 Å². The van der Waals surface area contributed by atoms with E-state index in [0.29, 0.717) is 18.3 Å². The van der Waals surface area contributed by atoms with Gasteiger partial charge in [-0.1, -0.05) is 18.2 Å². The van der Waals surface area contributed by atoms with Crippen LogP contribution in [0.25, 0.3) is 0 Å². The highest BCUT2D eigenvalue weighted by Crippen LogP contribution is 2.36. The maximum atomic E-state index is 11.0. The van der Waals surface area contributed by atoms with E-state index in [-0.39, 0.29) is 37.2 Å². The third-order valence-corrected chi connectivity index (χ3v) is 6.42. The van der Waals surface area contributed by atoms with Gasteiger partial charge in [0.05, 0.1) is 0 Å². The Kier molecular flexibility index (Phi) is 12.7. The summed E-state index contributed by atoms with van der Waals surface area (Å²) in [5.41, 5.74) is 5.75. The van der Waals surface area contributed by atoms with Gasteiger partial charge in [0.25, 0.3) is 0 Å². The quantitative estimate of drug-likeness (QED) is 0.586. The van der Waals surface area contributed by atoms with E-state index in [9.17, 15) is 4.79 Å². The molecule has 1 aromatic carbocycles. The molecule has 0 saturated carbocycles. The largest absolute Gasteiger partial charge is 0.313 e. The highest BCUT2D eigenvalue weighted by Gasteiger charge is 2.30. The highest BCUT2D eigenvalue weighted by molar-refractivity contribution is 5.86. The van der Waals surface area contributed by atoms with Crippen LogP contribution in [-0.4, -0.2) is 35.8 Å². The Morgan fingerprint density at radius 2 is 1.90 bits per heavy atom. The molecule has 0 amide bonds. The zero-order valence-electron chi connectivity index (χ0n) is 17.9. The zero-order valence-corrected chi connectivity index (χ0v) is 20.3. The first kappa shape index (κ1) is 27.9. The van der Waals surface area contributed by atoms with Crippen molar-refractivity contribution in [3.63, 3.8) is 0 Å². The molecule has 0 bridgehead atoms. The summed E-state index contributed by atoms with van der Waals surface area (Å²) >= 11 is 0. The van der Waals surface area contributed by atoms with E-state index in [1.807, 2.05) is 12.4 Å². The number of likely N-dealkylation sites (tertiary alicyclic amines) is 1. The number of aldehydes is 1. The third-order valence-electron chi connectivity index (χ3n) is 6.42. The van der Waals surface area contributed by atoms with Crippen molar-refractivity contribution in [3.8, 4) is 0 Å². The van der Waals surface area contributed by atoms with Gasteiger partial charge in [-0.3, -0.25) is 9.88 Å². The van der Waals surface area contributed by atoms with E-state index in [1.165, 1.54) is 41.5 Å². The second kappa shape index (κ2) is 14.1. The summed E-state index contributed by atoms with van der Waals surface area (Å²) in [7, 11) is 0. The number of carbonyl (C=O) groups excluding carboxylic acids is 1. The summed E-state index contributed by atoms with van der Waals surface area (Å²) in [6.45, 7) is 5.24. The van der Waals surface area contributed by atoms with Crippen molar-refractivity contribution in [2.75, 3.05) is 19.6 Å². The van der Waals surface area contributed by atoms with Crippen LogP contribution in [-0.2, 0) is 24.3 Å². The van der Waals surface area contributed by atoms with Crippen LogP contribution in [0.15, 0.2) is 42.7 Å². The lowest BCUT2D eigenvalue weighted by Gasteiger charge is -2.39. The fourth-order valence-electron chi connectivity index (χ4n) is 4.88. The Morgan fingerprint density at radius 1 is 1.10 bits per heavy atom. The van der Waals surface area contributed by atoms with Crippen molar-refractivity contribution in [1.82, 2.24) is 15.2 Å². The SMILES string of the molecule is Cl.Cl.Cl.O=CCCC1CCN(Cc2ccncc2)CC1c1ccc2c(c1)CNCCC2. The molecule has 2 aliphatic heterocycles. The average Bonchev–Trinajstić information content (AvgIpc) is 2.98. The number of aromatic nitrogens is 1. The summed E-state index contributed by atoms with van der Waals surface area (Å²) in [6, 6.07) is 11.4. The van der Waals surface area contributed by atoms with E-state index in [0.717, 1.165) is 45.4 Å². The van der Waals surface area contributed by atoms with Crippen LogP contribution in [0.4, 0.5) is 0 Å². The first-order valence-electron chi connectivity index (χ1n) is 10.7. The standard InChI is InChI=1S/C24H31N3O.3ClH/c28-14-2-4-21-9-13-27(17-19-7-11-25-12-8-19)18-24(21)22-6-5-20-3-1-10-26-16-23(20)15-22;;;/h5-8,11-12,14-15,21,24,26H,1-4,9-10,13,16-18H2;3*1H. The number of hydrogen-bond acceptors (Lipinski definition) is 4. The minimum absolute atomic E-state index is 0. The van der Waals surface area contributed by atoms with E-state index < -0.39 is 0 Å². The molecule has 1 aromatic heterocycles. The molecule has 3 heterocycles. The van der Waals surface area contributed by atoms with Crippen LogP contribution in [0, 0.1) is 5.92 Å². The molecule has 0 spiro atoms. The fourth-order valence-corrected chi connectivity index (χ4v) is 4.88. The van der Waals surface area contributed by atoms with Crippen LogP contribution in [0.5, 0.6) is 0 Å². The Labute approximate surface area is 204 Å². The molecule has 4 rings (SSSR count). The molecule has 7 heteroatoms. The first-order valence-corrected chi connectivity index (χ1v) is 10.7.